The van der Waals surface area contributed by atoms with Crippen molar-refractivity contribution in [1.82, 2.24) is 0 Å². The second-order valence-electron chi connectivity index (χ2n) is 8.21. The van der Waals surface area contributed by atoms with Crippen LogP contribution in [0.4, 0.5) is 5.69 Å². The van der Waals surface area contributed by atoms with Gasteiger partial charge < -0.3 is 39.7 Å². The number of hydrogen-bond donors (Lipinski definition) is 2. The summed E-state index contributed by atoms with van der Waals surface area (Å²) in [6.07, 6.45) is 0.657. The number of anilines is 1. The molecule has 1 atom stereocenters. The van der Waals surface area contributed by atoms with Gasteiger partial charge in [-0.2, -0.15) is 0 Å². The predicted octanol–water partition coefficient (Wildman–Crippen LogP) is -2.89. The third-order valence-corrected chi connectivity index (χ3v) is 8.83. The molecule has 1 aliphatic rings. The van der Waals surface area contributed by atoms with Crippen molar-refractivity contribution in [3.8, 4) is 0 Å². The average Bonchev–Trinajstić information content (AvgIpc) is 3.00. The molecule has 0 saturated carbocycles. The van der Waals surface area contributed by atoms with Crippen molar-refractivity contribution in [3.63, 3.8) is 0 Å². The Labute approximate surface area is 199 Å². The molecule has 0 saturated heterocycles. The van der Waals surface area contributed by atoms with E-state index in [2.05, 4.69) is 63.0 Å². The first-order chi connectivity index (χ1) is 11.8. The Hall–Kier alpha value is -0.290. The quantitative estimate of drug-likeness (QED) is 0.290. The molecule has 0 fully saturated rings. The first-order valence-corrected chi connectivity index (χ1v) is 11.3. The van der Waals surface area contributed by atoms with Gasteiger partial charge in [0.15, 0.2) is 0 Å². The molecule has 0 bridgehead atoms. The molecule has 3 aromatic carbocycles. The van der Waals surface area contributed by atoms with Crippen LogP contribution in [-0.4, -0.2) is 32.7 Å². The summed E-state index contributed by atoms with van der Waals surface area (Å²) in [5.74, 6) is 0. The Balaban J connectivity index is 0.00000131. The van der Waals surface area contributed by atoms with Gasteiger partial charge in [0.2, 0.25) is 8.32 Å². The van der Waals surface area contributed by atoms with Gasteiger partial charge in [-0.05, 0) is 38.9 Å². The molecule has 7 heteroatoms. The van der Waals surface area contributed by atoms with Crippen LogP contribution in [-0.2, 0) is 37.1 Å². The Bertz CT molecular complexity index is 1000. The fourth-order valence-corrected chi connectivity index (χ4v) is 7.53. The van der Waals surface area contributed by atoms with Crippen molar-refractivity contribution < 1.29 is 60.6 Å². The fraction of sp³-hybridized carbons (Fsp3) is 0.381. The van der Waals surface area contributed by atoms with E-state index in [4.69, 9.17) is 4.43 Å². The maximum absolute atomic E-state index is 9.76. The maximum Gasteiger partial charge on any atom is 3.00 e. The zero-order valence-corrected chi connectivity index (χ0v) is 21.9. The first-order valence-electron chi connectivity index (χ1n) is 8.94. The van der Waals surface area contributed by atoms with Crippen LogP contribution in [0.15, 0.2) is 30.3 Å². The van der Waals surface area contributed by atoms with Crippen LogP contribution < -0.4 is 40.5 Å². The number of hydrogen-bond acceptors (Lipinski definition) is 3. The molecule has 0 aromatic heterocycles. The molecule has 4 rings (SSSR count). The minimum absolute atomic E-state index is 0. The van der Waals surface area contributed by atoms with E-state index in [1.165, 1.54) is 43.2 Å². The maximum atomic E-state index is 9.76. The number of halogens is 2. The number of fused-ring (bicyclic) bond motifs is 5. The second kappa shape index (κ2) is 8.83. The van der Waals surface area contributed by atoms with Crippen LogP contribution in [0.3, 0.4) is 0 Å². The van der Waals surface area contributed by atoms with Gasteiger partial charge in [0.1, 0.15) is 0 Å². The molecular formula is C21H26Cl2NO2SiZr. The molecular weight excluding hydrogens is 488 g/mol. The van der Waals surface area contributed by atoms with E-state index in [1.54, 1.807) is 0 Å². The molecule has 28 heavy (non-hydrogen) atoms. The molecule has 1 heterocycles. The standard InChI is InChI=1S/C21H26NO2Si.2ClH.Zr/c1-21(2,3)22-18-15(10-11-23)17-14-9-7-6-8-13(14)12-16(17)19-20(18)25(19,5)24-4;;;/h6-9,12,22-23H,10-11H2,1-5H3;2*1H;/q-1;;;+3/p-2. The number of rotatable bonds is 4. The summed E-state index contributed by atoms with van der Waals surface area (Å²) >= 11 is 0. The molecule has 0 spiro atoms. The van der Waals surface area contributed by atoms with Crippen LogP contribution >= 0.6 is 0 Å². The molecule has 3 aromatic rings. The van der Waals surface area contributed by atoms with Crippen molar-refractivity contribution in [3.05, 3.63) is 35.9 Å². The summed E-state index contributed by atoms with van der Waals surface area (Å²) in [7, 11) is -0.153. The van der Waals surface area contributed by atoms with E-state index in [0.29, 0.717) is 6.42 Å². The third kappa shape index (κ3) is 3.87. The molecule has 0 amide bonds. The van der Waals surface area contributed by atoms with E-state index >= 15 is 0 Å². The van der Waals surface area contributed by atoms with Crippen molar-refractivity contribution in [2.45, 2.75) is 39.3 Å². The van der Waals surface area contributed by atoms with Gasteiger partial charge in [-0.25, -0.2) is 0 Å². The summed E-state index contributed by atoms with van der Waals surface area (Å²) in [5.41, 5.74) is 2.40. The molecule has 0 aliphatic carbocycles. The third-order valence-electron chi connectivity index (χ3n) is 5.33. The topological polar surface area (TPSA) is 41.5 Å². The van der Waals surface area contributed by atoms with Crippen molar-refractivity contribution in [2.24, 2.45) is 0 Å². The molecule has 1 aliphatic heterocycles. The Kier molecular flexibility index (Phi) is 8.12. The van der Waals surface area contributed by atoms with Gasteiger partial charge in [0, 0.05) is 24.9 Å². The first kappa shape index (κ1) is 25.7. The van der Waals surface area contributed by atoms with E-state index in [-0.39, 0.29) is 63.2 Å². The van der Waals surface area contributed by atoms with Crippen LogP contribution in [0.1, 0.15) is 26.3 Å². The summed E-state index contributed by atoms with van der Waals surface area (Å²) in [4.78, 5) is 0. The molecule has 1 radical (unpaired) electrons. The molecule has 1 unspecified atom stereocenters. The zero-order valence-electron chi connectivity index (χ0n) is 16.9. The SMILES string of the molecule is CO[Si]1(C)c2c(NC(C)(C)C)c(CCO)c3c([cH-]c4ccccc43)c21.[Cl-].[Cl-].[Zr+3]. The summed E-state index contributed by atoms with van der Waals surface area (Å²) in [6, 6.07) is 10.9. The van der Waals surface area contributed by atoms with Gasteiger partial charge in [-0.1, -0.05) is 28.9 Å². The van der Waals surface area contributed by atoms with Gasteiger partial charge in [0.05, 0.1) is 0 Å². The molecule has 3 nitrogen and oxygen atoms in total. The summed E-state index contributed by atoms with van der Waals surface area (Å²) < 4.78 is 6.05. The van der Waals surface area contributed by atoms with E-state index in [9.17, 15) is 5.11 Å². The summed E-state index contributed by atoms with van der Waals surface area (Å²) in [5, 5.41) is 21.5. The fourth-order valence-electron chi connectivity index (χ4n) is 4.21. The molecule has 2 N–H and O–H groups in total. The number of aliphatic hydroxyl groups excluding tert-OH is 1. The van der Waals surface area contributed by atoms with Crippen molar-refractivity contribution in [2.75, 3.05) is 19.0 Å². The van der Waals surface area contributed by atoms with E-state index in [0.717, 1.165) is 0 Å². The largest absolute Gasteiger partial charge is 3.00 e. The average molecular weight is 515 g/mol. The number of aliphatic hydroxyl groups is 1. The zero-order chi connectivity index (χ0) is 18.0. The van der Waals surface area contributed by atoms with E-state index < -0.39 is 8.32 Å². The number of benzene rings is 2. The number of nitrogens with one attached hydrogen (secondary N) is 1. The predicted molar refractivity (Wildman–Crippen MR) is 109 cm³/mol. The Morgan fingerprint density at radius 2 is 1.79 bits per heavy atom. The Morgan fingerprint density at radius 1 is 1.14 bits per heavy atom. The van der Waals surface area contributed by atoms with Gasteiger partial charge in [-0.3, -0.25) is 0 Å². The van der Waals surface area contributed by atoms with Crippen LogP contribution in [0.2, 0.25) is 6.55 Å². The summed E-state index contributed by atoms with van der Waals surface area (Å²) in [6.45, 7) is 8.99. The normalized spacial score (nSPS) is 17.4. The van der Waals surface area contributed by atoms with Crippen molar-refractivity contribution in [1.29, 1.82) is 0 Å². The van der Waals surface area contributed by atoms with Crippen LogP contribution in [0, 0.1) is 0 Å². The second-order valence-corrected chi connectivity index (χ2v) is 11.7. The van der Waals surface area contributed by atoms with Gasteiger partial charge in [-0.15, -0.1) is 33.7 Å². The molecule has 149 valence electrons. The smallest absolute Gasteiger partial charge is 1.00 e. The monoisotopic (exact) mass is 512 g/mol. The van der Waals surface area contributed by atoms with E-state index in [1.807, 2.05) is 7.11 Å². The van der Waals surface area contributed by atoms with Crippen LogP contribution in [0.5, 0.6) is 0 Å². The van der Waals surface area contributed by atoms with Gasteiger partial charge in [0.25, 0.3) is 0 Å². The minimum atomic E-state index is -1.99. The minimum Gasteiger partial charge on any atom is -1.00 e. The van der Waals surface area contributed by atoms with Crippen molar-refractivity contribution >= 4 is 45.9 Å². The van der Waals surface area contributed by atoms with Crippen LogP contribution in [0.25, 0.3) is 21.5 Å². The Morgan fingerprint density at radius 3 is 2.36 bits per heavy atom. The van der Waals surface area contributed by atoms with Gasteiger partial charge >= 0.3 is 26.2 Å².